The van der Waals surface area contributed by atoms with Crippen LogP contribution in [0.25, 0.3) is 0 Å². The fraction of sp³-hybridized carbons (Fsp3) is 0.806. The molecule has 0 aromatic carbocycles. The van der Waals surface area contributed by atoms with Crippen LogP contribution in [0.3, 0.4) is 0 Å². The monoisotopic (exact) mass is 549 g/mol. The summed E-state index contributed by atoms with van der Waals surface area (Å²) in [6, 6.07) is 3.58. The molecule has 1 aliphatic rings. The van der Waals surface area contributed by atoms with Gasteiger partial charge in [-0.3, -0.25) is 4.79 Å². The van der Waals surface area contributed by atoms with Crippen molar-refractivity contribution in [3.8, 4) is 0 Å². The highest BCUT2D eigenvalue weighted by atomic mass is 16.5. The summed E-state index contributed by atoms with van der Waals surface area (Å²) in [5, 5.41) is 26.8. The zero-order valence-corrected chi connectivity index (χ0v) is 25.3. The second-order valence-electron chi connectivity index (χ2n) is 12.3. The lowest BCUT2D eigenvalue weighted by Crippen LogP contribution is -2.43. The van der Waals surface area contributed by atoms with Crippen LogP contribution in [0.2, 0.25) is 0 Å². The van der Waals surface area contributed by atoms with Gasteiger partial charge in [-0.1, -0.05) is 27.7 Å². The summed E-state index contributed by atoms with van der Waals surface area (Å²) in [5.74, 6) is 0.892. The summed E-state index contributed by atoms with van der Waals surface area (Å²) >= 11 is 0. The van der Waals surface area contributed by atoms with Crippen LogP contribution in [0, 0.1) is 41.7 Å². The molecule has 0 saturated carbocycles. The SMILES string of the molecule is COCCCCc1cc(C[C@@H](C[C@H](N)[C@@H](O)C[C@H](C(=O)NCC2CCOCC2)C(C)C)C(C)C)cc(C)[n+]1[O-]. The van der Waals surface area contributed by atoms with Crippen LogP contribution in [0.1, 0.15) is 83.2 Å². The van der Waals surface area contributed by atoms with Gasteiger partial charge in [0.15, 0.2) is 11.4 Å². The van der Waals surface area contributed by atoms with Crippen molar-refractivity contribution < 1.29 is 24.1 Å². The van der Waals surface area contributed by atoms with Gasteiger partial charge in [0.2, 0.25) is 5.91 Å². The van der Waals surface area contributed by atoms with Gasteiger partial charge in [0.25, 0.3) is 0 Å². The van der Waals surface area contributed by atoms with Gasteiger partial charge < -0.3 is 30.8 Å². The largest absolute Gasteiger partial charge is 0.618 e. The van der Waals surface area contributed by atoms with Crippen LogP contribution < -0.4 is 15.8 Å². The van der Waals surface area contributed by atoms with E-state index in [9.17, 15) is 15.1 Å². The Hall–Kier alpha value is -1.74. The number of amides is 1. The van der Waals surface area contributed by atoms with Crippen molar-refractivity contribution in [1.29, 1.82) is 0 Å². The van der Waals surface area contributed by atoms with Crippen LogP contribution in [0.5, 0.6) is 0 Å². The maximum absolute atomic E-state index is 13.0. The standard InChI is InChI=1S/C31H55N3O5/c1-21(2)26(16-25-15-23(5)34(37)27(17-25)9-7-8-12-38-6)18-29(32)30(35)19-28(22(3)4)31(36)33-20-24-10-13-39-14-11-24/h15,17,21-22,24,26,28-30,35H,7-14,16,18-20,32H2,1-6H3,(H,33,36)/t26-,28-,29-,30-/m0/s1. The molecule has 2 rings (SSSR count). The van der Waals surface area contributed by atoms with Gasteiger partial charge in [0.05, 0.1) is 6.10 Å². The molecule has 224 valence electrons. The van der Waals surface area contributed by atoms with Crippen molar-refractivity contribution in [2.75, 3.05) is 33.5 Å². The van der Waals surface area contributed by atoms with Crippen LogP contribution >= 0.6 is 0 Å². The molecule has 4 atom stereocenters. The highest BCUT2D eigenvalue weighted by molar-refractivity contribution is 5.78. The quantitative estimate of drug-likeness (QED) is 0.155. The van der Waals surface area contributed by atoms with Crippen LogP contribution in [-0.2, 0) is 27.1 Å². The first-order valence-corrected chi connectivity index (χ1v) is 15.0. The molecule has 8 heteroatoms. The topological polar surface area (TPSA) is 121 Å². The summed E-state index contributed by atoms with van der Waals surface area (Å²) < 4.78 is 11.6. The first kappa shape index (κ1) is 33.5. The molecule has 0 unspecified atom stereocenters. The Balaban J connectivity index is 1.99. The maximum atomic E-state index is 13.0. The number of nitrogens with zero attached hydrogens (tertiary/aromatic N) is 1. The number of aliphatic hydroxyl groups excluding tert-OH is 1. The second-order valence-corrected chi connectivity index (χ2v) is 12.3. The number of carbonyl (C=O) groups excluding carboxylic acids is 1. The molecular weight excluding hydrogens is 494 g/mol. The van der Waals surface area contributed by atoms with E-state index < -0.39 is 12.1 Å². The number of hydrogen-bond donors (Lipinski definition) is 3. The molecule has 39 heavy (non-hydrogen) atoms. The number of pyridine rings is 1. The van der Waals surface area contributed by atoms with Crippen molar-refractivity contribution in [2.24, 2.45) is 35.3 Å². The van der Waals surface area contributed by atoms with Gasteiger partial charge in [-0.15, -0.1) is 0 Å². The third kappa shape index (κ3) is 11.3. The van der Waals surface area contributed by atoms with E-state index in [0.29, 0.717) is 43.5 Å². The van der Waals surface area contributed by atoms with E-state index in [1.807, 2.05) is 32.9 Å². The lowest BCUT2D eigenvalue weighted by Gasteiger charge is -2.30. The molecule has 1 fully saturated rings. The van der Waals surface area contributed by atoms with Crippen LogP contribution in [-0.4, -0.2) is 56.6 Å². The van der Waals surface area contributed by atoms with Crippen molar-refractivity contribution >= 4 is 5.91 Å². The normalized spacial score (nSPS) is 17.8. The molecule has 2 heterocycles. The lowest BCUT2D eigenvalue weighted by molar-refractivity contribution is -0.620. The van der Waals surface area contributed by atoms with Gasteiger partial charge in [-0.05, 0) is 74.2 Å². The summed E-state index contributed by atoms with van der Waals surface area (Å²) in [6.45, 7) is 13.1. The molecule has 1 aliphatic heterocycles. The van der Waals surface area contributed by atoms with E-state index in [0.717, 1.165) is 67.7 Å². The lowest BCUT2D eigenvalue weighted by atomic mass is 9.80. The number of methoxy groups -OCH3 is 1. The molecule has 8 nitrogen and oxygen atoms in total. The minimum absolute atomic E-state index is 0.00635. The first-order chi connectivity index (χ1) is 18.5. The fourth-order valence-corrected chi connectivity index (χ4v) is 5.56. The number of ether oxygens (including phenoxy) is 2. The van der Waals surface area contributed by atoms with E-state index in [2.05, 4.69) is 19.2 Å². The predicted octanol–water partition coefficient (Wildman–Crippen LogP) is 3.70. The third-order valence-corrected chi connectivity index (χ3v) is 8.41. The number of carbonyl (C=O) groups is 1. The highest BCUT2D eigenvalue weighted by Gasteiger charge is 2.30. The zero-order valence-electron chi connectivity index (χ0n) is 25.3. The Labute approximate surface area is 236 Å². The minimum atomic E-state index is -0.759. The summed E-state index contributed by atoms with van der Waals surface area (Å²) in [5.41, 5.74) is 9.19. The number of aromatic nitrogens is 1. The molecule has 1 saturated heterocycles. The highest BCUT2D eigenvalue weighted by Crippen LogP contribution is 2.26. The number of nitrogens with two attached hydrogens (primary N) is 1. The van der Waals surface area contributed by atoms with Gasteiger partial charge in [0, 0.05) is 70.9 Å². The minimum Gasteiger partial charge on any atom is -0.618 e. The van der Waals surface area contributed by atoms with Gasteiger partial charge >= 0.3 is 0 Å². The molecule has 0 spiro atoms. The first-order valence-electron chi connectivity index (χ1n) is 15.0. The average Bonchev–Trinajstić information content (AvgIpc) is 2.90. The molecule has 0 bridgehead atoms. The van der Waals surface area contributed by atoms with Gasteiger partial charge in [-0.25, -0.2) is 0 Å². The van der Waals surface area contributed by atoms with Crippen molar-refractivity contribution in [1.82, 2.24) is 5.32 Å². The van der Waals surface area contributed by atoms with Crippen LogP contribution in [0.15, 0.2) is 12.1 Å². The van der Waals surface area contributed by atoms with E-state index in [1.165, 1.54) is 0 Å². The Morgan fingerprint density at radius 1 is 1.18 bits per heavy atom. The van der Waals surface area contributed by atoms with Gasteiger partial charge in [-0.2, -0.15) is 4.73 Å². The summed E-state index contributed by atoms with van der Waals surface area (Å²) in [6.07, 6.45) is 5.55. The van der Waals surface area contributed by atoms with E-state index >= 15 is 0 Å². The molecule has 0 aliphatic carbocycles. The van der Waals surface area contributed by atoms with E-state index in [-0.39, 0.29) is 23.7 Å². The van der Waals surface area contributed by atoms with E-state index in [4.69, 9.17) is 15.2 Å². The molecule has 1 amide bonds. The number of hydrogen-bond acceptors (Lipinski definition) is 6. The Kier molecular flexibility index (Phi) is 14.7. The molecule has 4 N–H and O–H groups in total. The number of aryl methyl sites for hydroxylation is 2. The predicted molar refractivity (Wildman–Crippen MR) is 155 cm³/mol. The van der Waals surface area contributed by atoms with Gasteiger partial charge in [0.1, 0.15) is 0 Å². The molecule has 1 aromatic rings. The van der Waals surface area contributed by atoms with Crippen molar-refractivity contribution in [3.63, 3.8) is 0 Å². The second kappa shape index (κ2) is 17.2. The number of nitrogens with one attached hydrogen (secondary N) is 1. The third-order valence-electron chi connectivity index (χ3n) is 8.41. The van der Waals surface area contributed by atoms with Crippen LogP contribution in [0.4, 0.5) is 0 Å². The molecule has 0 radical (unpaired) electrons. The Morgan fingerprint density at radius 2 is 1.87 bits per heavy atom. The molecular formula is C31H55N3O5. The zero-order chi connectivity index (χ0) is 28.9. The number of rotatable bonds is 17. The maximum Gasteiger partial charge on any atom is 0.223 e. The number of unbranched alkanes of at least 4 members (excludes halogenated alkanes) is 1. The van der Waals surface area contributed by atoms with Crippen molar-refractivity contribution in [3.05, 3.63) is 34.3 Å². The van der Waals surface area contributed by atoms with Crippen molar-refractivity contribution in [2.45, 2.75) is 98.1 Å². The Morgan fingerprint density at radius 3 is 2.49 bits per heavy atom. The average molecular weight is 550 g/mol. The smallest absolute Gasteiger partial charge is 0.223 e. The molecule has 1 aromatic heterocycles. The van der Waals surface area contributed by atoms with E-state index in [1.54, 1.807) is 7.11 Å². The number of aliphatic hydroxyl groups is 1. The fourth-order valence-electron chi connectivity index (χ4n) is 5.56. The summed E-state index contributed by atoms with van der Waals surface area (Å²) in [7, 11) is 1.69. The summed E-state index contributed by atoms with van der Waals surface area (Å²) in [4.78, 5) is 13.0. The Bertz CT molecular complexity index is 857.